The van der Waals surface area contributed by atoms with Crippen molar-refractivity contribution in [2.75, 3.05) is 12.4 Å². The molecule has 0 unspecified atom stereocenters. The maximum Gasteiger partial charge on any atom is 0.501 e. The Bertz CT molecular complexity index is 1430. The molecule has 2 amide bonds. The molecule has 230 valence electrons. The summed E-state index contributed by atoms with van der Waals surface area (Å²) in [5, 5.41) is 5.42. The zero-order valence-electron chi connectivity index (χ0n) is 23.5. The van der Waals surface area contributed by atoms with Crippen molar-refractivity contribution >= 4 is 27.3 Å². The van der Waals surface area contributed by atoms with Crippen LogP contribution in [0.3, 0.4) is 0 Å². The van der Waals surface area contributed by atoms with E-state index in [9.17, 15) is 35.6 Å². The Morgan fingerprint density at radius 1 is 1.07 bits per heavy atom. The van der Waals surface area contributed by atoms with Gasteiger partial charge in [-0.15, -0.1) is 0 Å². The lowest BCUT2D eigenvalue weighted by Gasteiger charge is -2.37. The second kappa shape index (κ2) is 12.5. The van der Waals surface area contributed by atoms with Gasteiger partial charge in [0.15, 0.2) is 11.6 Å². The van der Waals surface area contributed by atoms with Gasteiger partial charge in [-0.05, 0) is 61.8 Å². The maximum atomic E-state index is 14.7. The predicted octanol–water partition coefficient (Wildman–Crippen LogP) is 5.87. The molecule has 2 fully saturated rings. The fourth-order valence-electron chi connectivity index (χ4n) is 5.73. The maximum absolute atomic E-state index is 14.7. The van der Waals surface area contributed by atoms with Crippen molar-refractivity contribution in [2.45, 2.75) is 74.9 Å². The summed E-state index contributed by atoms with van der Waals surface area (Å²) in [5.41, 5.74) is -5.59. The number of anilines is 1. The molecule has 0 saturated heterocycles. The number of carbonyl (C=O) groups excluding carboxylic acids is 2. The van der Waals surface area contributed by atoms with E-state index in [4.69, 9.17) is 9.47 Å². The third kappa shape index (κ3) is 6.66. The smallest absolute Gasteiger partial charge is 0.496 e. The van der Waals surface area contributed by atoms with E-state index in [1.54, 1.807) is 0 Å². The number of carbonyl (C=O) groups is 2. The van der Waals surface area contributed by atoms with E-state index in [0.717, 1.165) is 37.1 Å². The third-order valence-electron chi connectivity index (χ3n) is 8.01. The highest BCUT2D eigenvalue weighted by atomic mass is 32.2. The van der Waals surface area contributed by atoms with Crippen LogP contribution in [0, 0.1) is 23.6 Å². The van der Waals surface area contributed by atoms with Crippen molar-refractivity contribution < 1.29 is 45.0 Å². The topological polar surface area (TPSA) is 111 Å². The number of nitrogens with one attached hydrogen (secondary N) is 2. The van der Waals surface area contributed by atoms with Crippen molar-refractivity contribution in [2.24, 2.45) is 17.8 Å². The molecule has 2 N–H and O–H groups in total. The molecule has 13 heteroatoms. The van der Waals surface area contributed by atoms with E-state index < -0.39 is 49.8 Å². The Labute approximate surface area is 242 Å². The van der Waals surface area contributed by atoms with E-state index in [1.807, 2.05) is 6.92 Å². The number of amides is 2. The van der Waals surface area contributed by atoms with E-state index in [1.165, 1.54) is 19.2 Å². The van der Waals surface area contributed by atoms with Crippen LogP contribution in [0.4, 0.5) is 23.2 Å². The van der Waals surface area contributed by atoms with Crippen molar-refractivity contribution in [1.29, 1.82) is 0 Å². The SMILES string of the molecule is CC[C@@H]1CCC[C@@H](NC(=O)c2cc(OC3CC(C)C3)c(F)cc2OC)[C@H]1C(=O)Nc1cccc(S(=O)(=O)C(F)(F)F)c1. The summed E-state index contributed by atoms with van der Waals surface area (Å²) < 4.78 is 88.6. The quantitative estimate of drug-likeness (QED) is 0.342. The molecule has 0 bridgehead atoms. The van der Waals surface area contributed by atoms with Crippen molar-refractivity contribution in [3.8, 4) is 11.5 Å². The molecule has 0 radical (unpaired) electrons. The highest BCUT2D eigenvalue weighted by Gasteiger charge is 2.47. The molecular weight excluding hydrogens is 580 g/mol. The minimum atomic E-state index is -5.61. The van der Waals surface area contributed by atoms with Crippen LogP contribution in [-0.2, 0) is 14.6 Å². The van der Waals surface area contributed by atoms with E-state index >= 15 is 0 Å². The molecule has 2 aliphatic rings. The van der Waals surface area contributed by atoms with Gasteiger partial charge in [-0.3, -0.25) is 9.59 Å². The summed E-state index contributed by atoms with van der Waals surface area (Å²) in [7, 11) is -4.31. The van der Waals surface area contributed by atoms with E-state index in [-0.39, 0.29) is 34.8 Å². The lowest BCUT2D eigenvalue weighted by atomic mass is 9.74. The van der Waals surface area contributed by atoms with Crippen LogP contribution >= 0.6 is 0 Å². The standard InChI is InChI=1S/C29H34F4N2O6S/c1-4-17-7-5-10-23(26(17)28(37)34-18-8-6-9-20(13-18)42(38,39)29(31,32)33)35-27(36)21-14-25(22(30)15-24(21)40-3)41-19-11-16(2)12-19/h6,8-9,13-17,19,23,26H,4-5,7,10-12H2,1-3H3,(H,34,37)(H,35,36)/t16?,17-,19?,23-,26+/m1/s1. The van der Waals surface area contributed by atoms with Crippen LogP contribution in [0.2, 0.25) is 0 Å². The van der Waals surface area contributed by atoms with Gasteiger partial charge in [-0.1, -0.05) is 32.8 Å². The van der Waals surface area contributed by atoms with Crippen LogP contribution in [0.5, 0.6) is 11.5 Å². The lowest BCUT2D eigenvalue weighted by Crippen LogP contribution is -2.50. The predicted molar refractivity (Wildman–Crippen MR) is 146 cm³/mol. The number of ether oxygens (including phenoxy) is 2. The molecule has 0 heterocycles. The van der Waals surface area contributed by atoms with Gasteiger partial charge in [0.25, 0.3) is 15.7 Å². The molecule has 8 nitrogen and oxygen atoms in total. The summed E-state index contributed by atoms with van der Waals surface area (Å²) in [4.78, 5) is 26.0. The van der Waals surface area contributed by atoms with Crippen LogP contribution in [0.15, 0.2) is 41.3 Å². The first-order valence-electron chi connectivity index (χ1n) is 13.8. The Hall–Kier alpha value is -3.35. The number of hydrogen-bond acceptors (Lipinski definition) is 6. The Morgan fingerprint density at radius 3 is 2.40 bits per heavy atom. The molecule has 0 aliphatic heterocycles. The van der Waals surface area contributed by atoms with Gasteiger partial charge in [0.2, 0.25) is 5.91 Å². The number of hydrogen-bond donors (Lipinski definition) is 2. The second-order valence-electron chi connectivity index (χ2n) is 11.0. The van der Waals surface area contributed by atoms with Gasteiger partial charge in [-0.25, -0.2) is 12.8 Å². The van der Waals surface area contributed by atoms with Gasteiger partial charge < -0.3 is 20.1 Å². The minimum Gasteiger partial charge on any atom is -0.496 e. The van der Waals surface area contributed by atoms with Crippen molar-refractivity contribution in [1.82, 2.24) is 5.32 Å². The molecule has 2 aromatic carbocycles. The third-order valence-corrected chi connectivity index (χ3v) is 9.50. The summed E-state index contributed by atoms with van der Waals surface area (Å²) in [6, 6.07) is 5.66. The number of benzene rings is 2. The number of halogens is 4. The lowest BCUT2D eigenvalue weighted by molar-refractivity contribution is -0.123. The summed E-state index contributed by atoms with van der Waals surface area (Å²) in [5.74, 6) is -2.38. The largest absolute Gasteiger partial charge is 0.501 e. The van der Waals surface area contributed by atoms with Gasteiger partial charge in [0.1, 0.15) is 5.75 Å². The number of alkyl halides is 3. The van der Waals surface area contributed by atoms with Gasteiger partial charge in [0, 0.05) is 17.8 Å². The number of rotatable bonds is 9. The number of sulfone groups is 1. The highest BCUT2D eigenvalue weighted by Crippen LogP contribution is 2.37. The minimum absolute atomic E-state index is 0.00845. The second-order valence-corrected chi connectivity index (χ2v) is 12.9. The molecule has 0 spiro atoms. The molecule has 2 aromatic rings. The monoisotopic (exact) mass is 614 g/mol. The summed E-state index contributed by atoms with van der Waals surface area (Å²) in [6.07, 6.45) is 3.81. The fourth-order valence-corrected chi connectivity index (χ4v) is 6.53. The molecule has 3 atom stereocenters. The molecule has 42 heavy (non-hydrogen) atoms. The fraction of sp³-hybridized carbons (Fsp3) is 0.517. The average Bonchev–Trinajstić information content (AvgIpc) is 2.92. The van der Waals surface area contributed by atoms with Gasteiger partial charge in [-0.2, -0.15) is 13.2 Å². The highest BCUT2D eigenvalue weighted by molar-refractivity contribution is 7.92. The van der Waals surface area contributed by atoms with E-state index in [0.29, 0.717) is 31.6 Å². The van der Waals surface area contributed by atoms with Crippen LogP contribution in [0.1, 0.15) is 62.7 Å². The summed E-state index contributed by atoms with van der Waals surface area (Å²) >= 11 is 0. The molecule has 0 aromatic heterocycles. The zero-order chi connectivity index (χ0) is 30.8. The molecular formula is C29H34F4N2O6S. The van der Waals surface area contributed by atoms with E-state index in [2.05, 4.69) is 17.6 Å². The van der Waals surface area contributed by atoms with Crippen molar-refractivity contribution in [3.63, 3.8) is 0 Å². The first-order valence-corrected chi connectivity index (χ1v) is 15.3. The molecule has 4 rings (SSSR count). The first kappa shape index (κ1) is 31.6. The Morgan fingerprint density at radius 2 is 1.79 bits per heavy atom. The summed E-state index contributed by atoms with van der Waals surface area (Å²) in [6.45, 7) is 3.95. The van der Waals surface area contributed by atoms with Crippen LogP contribution < -0.4 is 20.1 Å². The average molecular weight is 615 g/mol. The van der Waals surface area contributed by atoms with Gasteiger partial charge in [0.05, 0.1) is 29.6 Å². The Kier molecular flexibility index (Phi) is 9.39. The molecule has 2 saturated carbocycles. The first-order chi connectivity index (χ1) is 19.7. The normalized spacial score (nSPS) is 24.3. The van der Waals surface area contributed by atoms with Gasteiger partial charge >= 0.3 is 5.51 Å². The van der Waals surface area contributed by atoms with Crippen LogP contribution in [0.25, 0.3) is 0 Å². The van der Waals surface area contributed by atoms with Crippen LogP contribution in [-0.4, -0.2) is 45.0 Å². The molecule has 2 aliphatic carbocycles. The zero-order valence-corrected chi connectivity index (χ0v) is 24.3. The Balaban J connectivity index is 1.56. The van der Waals surface area contributed by atoms with Crippen molar-refractivity contribution in [3.05, 3.63) is 47.8 Å². The number of methoxy groups -OCH3 is 1.